The van der Waals surface area contributed by atoms with Gasteiger partial charge >= 0.3 is 0 Å². The van der Waals surface area contributed by atoms with E-state index in [1.165, 1.54) is 4.68 Å². The zero-order chi connectivity index (χ0) is 15.7. The zero-order valence-electron chi connectivity index (χ0n) is 11.4. The SMILES string of the molecule is Cc1ccc(-c2nc(-c3csnn3)n(CC(F)F)n2)cc1Br. The summed E-state index contributed by atoms with van der Waals surface area (Å²) in [6.45, 7) is 1.43. The van der Waals surface area contributed by atoms with Crippen LogP contribution in [0, 0.1) is 6.92 Å². The third-order valence-electron chi connectivity index (χ3n) is 3.00. The molecule has 0 amide bonds. The highest BCUT2D eigenvalue weighted by Gasteiger charge is 2.18. The lowest BCUT2D eigenvalue weighted by Gasteiger charge is -2.02. The second kappa shape index (κ2) is 6.17. The molecule has 0 spiro atoms. The average Bonchev–Trinajstić information content (AvgIpc) is 3.10. The van der Waals surface area contributed by atoms with E-state index >= 15 is 0 Å². The van der Waals surface area contributed by atoms with Crippen molar-refractivity contribution in [1.82, 2.24) is 24.4 Å². The number of aromatic nitrogens is 5. The first-order valence-corrected chi connectivity index (χ1v) is 7.94. The topological polar surface area (TPSA) is 56.5 Å². The van der Waals surface area contributed by atoms with Gasteiger partial charge < -0.3 is 0 Å². The second-order valence-corrected chi connectivity index (χ2v) is 6.05. The molecule has 3 rings (SSSR count). The van der Waals surface area contributed by atoms with E-state index in [4.69, 9.17) is 0 Å². The summed E-state index contributed by atoms with van der Waals surface area (Å²) in [5.41, 5.74) is 2.25. The maximum absolute atomic E-state index is 12.7. The van der Waals surface area contributed by atoms with Crippen molar-refractivity contribution in [2.24, 2.45) is 0 Å². The van der Waals surface area contributed by atoms with Crippen LogP contribution in [-0.2, 0) is 6.54 Å². The molecule has 0 aliphatic rings. The molecule has 0 aliphatic heterocycles. The zero-order valence-corrected chi connectivity index (χ0v) is 13.8. The molecule has 0 saturated carbocycles. The van der Waals surface area contributed by atoms with Crippen LogP contribution in [0.3, 0.4) is 0 Å². The fraction of sp³-hybridized carbons (Fsp3) is 0.231. The number of rotatable bonds is 4. The van der Waals surface area contributed by atoms with Crippen molar-refractivity contribution in [3.8, 4) is 22.9 Å². The van der Waals surface area contributed by atoms with Gasteiger partial charge in [-0.3, -0.25) is 0 Å². The van der Waals surface area contributed by atoms with Gasteiger partial charge in [-0.1, -0.05) is 32.6 Å². The van der Waals surface area contributed by atoms with Crippen LogP contribution in [0.15, 0.2) is 28.1 Å². The highest BCUT2D eigenvalue weighted by Crippen LogP contribution is 2.26. The summed E-state index contributed by atoms with van der Waals surface area (Å²) in [6.07, 6.45) is -2.52. The Kier molecular flexibility index (Phi) is 4.25. The van der Waals surface area contributed by atoms with Crippen molar-refractivity contribution in [2.45, 2.75) is 19.9 Å². The molecular formula is C13H10BrF2N5S. The lowest BCUT2D eigenvalue weighted by atomic mass is 10.1. The van der Waals surface area contributed by atoms with Gasteiger partial charge in [0.15, 0.2) is 11.6 Å². The minimum absolute atomic E-state index is 0.292. The lowest BCUT2D eigenvalue weighted by Crippen LogP contribution is -2.10. The van der Waals surface area contributed by atoms with Crippen molar-refractivity contribution in [3.63, 3.8) is 0 Å². The van der Waals surface area contributed by atoms with Crippen LogP contribution in [0.4, 0.5) is 8.78 Å². The molecule has 0 N–H and O–H groups in total. The smallest absolute Gasteiger partial charge is 0.238 e. The highest BCUT2D eigenvalue weighted by molar-refractivity contribution is 9.10. The van der Waals surface area contributed by atoms with Gasteiger partial charge in [-0.05, 0) is 30.1 Å². The summed E-state index contributed by atoms with van der Waals surface area (Å²) >= 11 is 4.58. The van der Waals surface area contributed by atoms with E-state index in [1.807, 2.05) is 25.1 Å². The monoisotopic (exact) mass is 385 g/mol. The Hall–Kier alpha value is -1.74. The van der Waals surface area contributed by atoms with Crippen LogP contribution < -0.4 is 0 Å². The first-order valence-electron chi connectivity index (χ1n) is 6.31. The van der Waals surface area contributed by atoms with E-state index < -0.39 is 13.0 Å². The van der Waals surface area contributed by atoms with Crippen molar-refractivity contribution >= 4 is 27.5 Å². The van der Waals surface area contributed by atoms with Crippen molar-refractivity contribution in [1.29, 1.82) is 0 Å². The number of hydrogen-bond donors (Lipinski definition) is 0. The van der Waals surface area contributed by atoms with Crippen molar-refractivity contribution in [3.05, 3.63) is 33.6 Å². The van der Waals surface area contributed by atoms with E-state index in [9.17, 15) is 8.78 Å². The van der Waals surface area contributed by atoms with Gasteiger partial charge in [0, 0.05) is 15.4 Å². The largest absolute Gasteiger partial charge is 0.258 e. The molecule has 0 bridgehead atoms. The minimum atomic E-state index is -2.52. The fourth-order valence-corrected chi connectivity index (χ4v) is 2.72. The van der Waals surface area contributed by atoms with E-state index in [1.54, 1.807) is 5.38 Å². The standard InChI is InChI=1S/C13H10BrF2N5S/c1-7-2-3-8(4-9(7)14)12-17-13(10-6-22-20-18-10)21(19-12)5-11(15)16/h2-4,6,11H,5H2,1H3. The highest BCUT2D eigenvalue weighted by atomic mass is 79.9. The summed E-state index contributed by atoms with van der Waals surface area (Å²) in [4.78, 5) is 4.35. The first kappa shape index (κ1) is 15.2. The van der Waals surface area contributed by atoms with Gasteiger partial charge in [0.05, 0.1) is 0 Å². The van der Waals surface area contributed by atoms with E-state index in [0.717, 1.165) is 27.1 Å². The van der Waals surface area contributed by atoms with Gasteiger partial charge in [-0.2, -0.15) is 5.10 Å². The van der Waals surface area contributed by atoms with Gasteiger partial charge in [0.1, 0.15) is 12.2 Å². The Labute approximate surface area is 137 Å². The molecule has 3 aromatic rings. The van der Waals surface area contributed by atoms with E-state index in [-0.39, 0.29) is 0 Å². The van der Waals surface area contributed by atoms with Crippen LogP contribution in [0.5, 0.6) is 0 Å². The molecule has 114 valence electrons. The Morgan fingerprint density at radius 3 is 2.82 bits per heavy atom. The van der Waals surface area contributed by atoms with Crippen molar-refractivity contribution in [2.75, 3.05) is 0 Å². The maximum atomic E-state index is 12.7. The number of hydrogen-bond acceptors (Lipinski definition) is 5. The molecule has 0 saturated heterocycles. The lowest BCUT2D eigenvalue weighted by molar-refractivity contribution is 0.122. The van der Waals surface area contributed by atoms with Crippen LogP contribution in [0.25, 0.3) is 22.9 Å². The molecule has 22 heavy (non-hydrogen) atoms. The summed E-state index contributed by atoms with van der Waals surface area (Å²) in [5, 5.41) is 9.73. The fourth-order valence-electron chi connectivity index (χ4n) is 1.91. The number of aryl methyl sites for hydroxylation is 1. The van der Waals surface area contributed by atoms with Crippen LogP contribution in [0.1, 0.15) is 5.56 Å². The van der Waals surface area contributed by atoms with Gasteiger partial charge in [0.2, 0.25) is 0 Å². The van der Waals surface area contributed by atoms with E-state index in [0.29, 0.717) is 17.3 Å². The molecule has 0 unspecified atom stereocenters. The quantitative estimate of drug-likeness (QED) is 0.685. The Morgan fingerprint density at radius 2 is 2.18 bits per heavy atom. The minimum Gasteiger partial charge on any atom is -0.238 e. The molecule has 9 heteroatoms. The summed E-state index contributed by atoms with van der Waals surface area (Å²) in [7, 11) is 0. The second-order valence-electron chi connectivity index (χ2n) is 4.59. The first-order chi connectivity index (χ1) is 10.5. The van der Waals surface area contributed by atoms with Gasteiger partial charge in [-0.15, -0.1) is 5.10 Å². The molecule has 5 nitrogen and oxygen atoms in total. The van der Waals surface area contributed by atoms with Crippen molar-refractivity contribution < 1.29 is 8.78 Å². The number of halogens is 3. The van der Waals surface area contributed by atoms with Crippen LogP contribution in [0.2, 0.25) is 0 Å². The predicted octanol–water partition coefficient (Wildman–Crippen LogP) is 3.80. The molecule has 2 heterocycles. The normalized spacial score (nSPS) is 11.3. The summed E-state index contributed by atoms with van der Waals surface area (Å²) in [5.74, 6) is 0.671. The molecule has 1 aromatic carbocycles. The molecule has 0 fully saturated rings. The molecular weight excluding hydrogens is 376 g/mol. The molecule has 2 aromatic heterocycles. The average molecular weight is 386 g/mol. The van der Waals surface area contributed by atoms with E-state index in [2.05, 4.69) is 35.6 Å². The van der Waals surface area contributed by atoms with Gasteiger partial charge in [-0.25, -0.2) is 18.4 Å². The molecule has 0 aliphatic carbocycles. The number of alkyl halides is 2. The number of benzene rings is 1. The molecule has 0 radical (unpaired) electrons. The van der Waals surface area contributed by atoms with Gasteiger partial charge in [0.25, 0.3) is 6.43 Å². The Morgan fingerprint density at radius 1 is 1.36 bits per heavy atom. The predicted molar refractivity (Wildman–Crippen MR) is 82.8 cm³/mol. The third-order valence-corrected chi connectivity index (χ3v) is 4.36. The Balaban J connectivity index is 2.07. The summed E-state index contributed by atoms with van der Waals surface area (Å²) < 4.78 is 31.3. The Bertz CT molecular complexity index is 788. The van der Waals surface area contributed by atoms with Crippen LogP contribution in [-0.4, -0.2) is 30.8 Å². The summed E-state index contributed by atoms with van der Waals surface area (Å²) in [6, 6.07) is 5.63. The third kappa shape index (κ3) is 3.05. The maximum Gasteiger partial charge on any atom is 0.258 e. The number of nitrogens with zero attached hydrogens (tertiary/aromatic N) is 5. The van der Waals surface area contributed by atoms with Crippen LogP contribution >= 0.6 is 27.5 Å². The molecule has 0 atom stereocenters.